The largest absolute Gasteiger partial charge is 0.477 e. The van der Waals surface area contributed by atoms with Crippen LogP contribution < -0.4 is 5.32 Å². The van der Waals surface area contributed by atoms with Crippen molar-refractivity contribution in [3.8, 4) is 0 Å². The summed E-state index contributed by atoms with van der Waals surface area (Å²) in [5, 5.41) is 14.9. The third kappa shape index (κ3) is 3.67. The van der Waals surface area contributed by atoms with Crippen LogP contribution in [0.4, 0.5) is 18.9 Å². The first-order valence-corrected chi connectivity index (χ1v) is 6.93. The van der Waals surface area contributed by atoms with E-state index in [1.807, 2.05) is 0 Å². The van der Waals surface area contributed by atoms with Gasteiger partial charge in [-0.15, -0.1) is 0 Å². The number of aromatic carboxylic acids is 1. The predicted molar refractivity (Wildman–Crippen MR) is 79.0 cm³/mol. The molecule has 2 aromatic rings. The SMILES string of the molecule is CC(C(=O)Nc1cc(C(F)(F)F)ccc1Cl)n1nccc1C(=O)O. The Bertz CT molecular complexity index is 789. The number of alkyl halides is 3. The Balaban J connectivity index is 2.26. The van der Waals surface area contributed by atoms with E-state index in [2.05, 4.69) is 10.4 Å². The second-order valence-electron chi connectivity index (χ2n) is 4.82. The average Bonchev–Trinajstić information content (AvgIpc) is 2.97. The van der Waals surface area contributed by atoms with Crippen molar-refractivity contribution in [1.29, 1.82) is 0 Å². The van der Waals surface area contributed by atoms with Gasteiger partial charge < -0.3 is 10.4 Å². The molecule has 1 unspecified atom stereocenters. The van der Waals surface area contributed by atoms with Crippen LogP contribution in [-0.2, 0) is 11.0 Å². The Kier molecular flexibility index (Phi) is 4.83. The number of carbonyl (C=O) groups excluding carboxylic acids is 1. The minimum Gasteiger partial charge on any atom is -0.477 e. The highest BCUT2D eigenvalue weighted by atomic mass is 35.5. The molecule has 0 bridgehead atoms. The molecule has 0 saturated carbocycles. The van der Waals surface area contributed by atoms with Gasteiger partial charge in [-0.2, -0.15) is 18.3 Å². The van der Waals surface area contributed by atoms with Crippen LogP contribution in [0.2, 0.25) is 5.02 Å². The lowest BCUT2D eigenvalue weighted by Gasteiger charge is -2.16. The summed E-state index contributed by atoms with van der Waals surface area (Å²) in [7, 11) is 0. The minimum atomic E-state index is -4.59. The van der Waals surface area contributed by atoms with Gasteiger partial charge in [0.1, 0.15) is 11.7 Å². The number of hydrogen-bond acceptors (Lipinski definition) is 3. The molecule has 24 heavy (non-hydrogen) atoms. The molecule has 0 radical (unpaired) electrons. The van der Waals surface area contributed by atoms with Crippen molar-refractivity contribution in [2.75, 3.05) is 5.32 Å². The van der Waals surface area contributed by atoms with Gasteiger partial charge in [-0.05, 0) is 31.2 Å². The van der Waals surface area contributed by atoms with Gasteiger partial charge in [-0.1, -0.05) is 11.6 Å². The average molecular weight is 362 g/mol. The van der Waals surface area contributed by atoms with E-state index in [0.29, 0.717) is 6.07 Å². The number of amides is 1. The molecule has 0 aliphatic rings. The normalized spacial score (nSPS) is 12.7. The predicted octanol–water partition coefficient (Wildman–Crippen LogP) is 3.45. The van der Waals surface area contributed by atoms with Gasteiger partial charge in [0.15, 0.2) is 0 Å². The van der Waals surface area contributed by atoms with Crippen molar-refractivity contribution < 1.29 is 27.9 Å². The number of nitrogens with zero attached hydrogens (tertiary/aromatic N) is 2. The van der Waals surface area contributed by atoms with E-state index in [0.717, 1.165) is 16.8 Å². The van der Waals surface area contributed by atoms with E-state index >= 15 is 0 Å². The summed E-state index contributed by atoms with van der Waals surface area (Å²) in [5.74, 6) is -2.05. The van der Waals surface area contributed by atoms with Gasteiger partial charge in [0, 0.05) is 6.20 Å². The van der Waals surface area contributed by atoms with Crippen molar-refractivity contribution in [3.63, 3.8) is 0 Å². The summed E-state index contributed by atoms with van der Waals surface area (Å²) < 4.78 is 39.1. The maximum absolute atomic E-state index is 12.7. The van der Waals surface area contributed by atoms with Gasteiger partial charge in [0.25, 0.3) is 0 Å². The molecule has 0 aliphatic heterocycles. The quantitative estimate of drug-likeness (QED) is 0.873. The van der Waals surface area contributed by atoms with E-state index < -0.39 is 29.7 Å². The molecule has 1 amide bonds. The van der Waals surface area contributed by atoms with Crippen molar-refractivity contribution in [2.24, 2.45) is 0 Å². The van der Waals surface area contributed by atoms with Crippen LogP contribution >= 0.6 is 11.6 Å². The molecule has 0 fully saturated rings. The van der Waals surface area contributed by atoms with Crippen molar-refractivity contribution in [1.82, 2.24) is 9.78 Å². The highest BCUT2D eigenvalue weighted by molar-refractivity contribution is 6.33. The fraction of sp³-hybridized carbons (Fsp3) is 0.214. The highest BCUT2D eigenvalue weighted by Gasteiger charge is 2.31. The number of aromatic nitrogens is 2. The summed E-state index contributed by atoms with van der Waals surface area (Å²) in [5.41, 5.74) is -1.43. The number of benzene rings is 1. The van der Waals surface area contributed by atoms with Crippen molar-refractivity contribution in [2.45, 2.75) is 19.1 Å². The maximum Gasteiger partial charge on any atom is 0.416 e. The Morgan fingerprint density at radius 3 is 2.58 bits per heavy atom. The van der Waals surface area contributed by atoms with Crippen LogP contribution in [0.1, 0.15) is 29.0 Å². The second-order valence-corrected chi connectivity index (χ2v) is 5.23. The van der Waals surface area contributed by atoms with Crippen LogP contribution in [0, 0.1) is 0 Å². The highest BCUT2D eigenvalue weighted by Crippen LogP contribution is 2.34. The molecule has 128 valence electrons. The van der Waals surface area contributed by atoms with Crippen molar-refractivity contribution >= 4 is 29.2 Å². The minimum absolute atomic E-state index is 0.0810. The lowest BCUT2D eigenvalue weighted by atomic mass is 10.2. The number of carboxylic acid groups (broad SMARTS) is 1. The smallest absolute Gasteiger partial charge is 0.416 e. The standard InChI is InChI=1S/C14H11ClF3N3O3/c1-7(21-11(13(23)24)4-5-19-21)12(22)20-10-6-8(14(16,17)18)2-3-9(10)15/h2-7H,1H3,(H,20,22)(H,23,24). The van der Waals surface area contributed by atoms with Crippen LogP contribution in [0.3, 0.4) is 0 Å². The van der Waals surface area contributed by atoms with E-state index in [9.17, 15) is 22.8 Å². The first-order valence-electron chi connectivity index (χ1n) is 6.55. The van der Waals surface area contributed by atoms with E-state index in [1.165, 1.54) is 19.2 Å². The Morgan fingerprint density at radius 1 is 1.33 bits per heavy atom. The Morgan fingerprint density at radius 2 is 2.00 bits per heavy atom. The van der Waals surface area contributed by atoms with E-state index in [1.54, 1.807) is 0 Å². The van der Waals surface area contributed by atoms with Gasteiger partial charge in [0.2, 0.25) is 5.91 Å². The number of halogens is 4. The number of nitrogens with one attached hydrogen (secondary N) is 1. The lowest BCUT2D eigenvalue weighted by Crippen LogP contribution is -2.27. The Hall–Kier alpha value is -2.55. The van der Waals surface area contributed by atoms with Crippen LogP contribution in [-0.4, -0.2) is 26.8 Å². The summed E-state index contributed by atoms with van der Waals surface area (Å²) in [6, 6.07) is 2.63. The molecule has 0 saturated heterocycles. The fourth-order valence-corrected chi connectivity index (χ4v) is 2.10. The third-order valence-corrected chi connectivity index (χ3v) is 3.52. The number of anilines is 1. The molecule has 1 aromatic heterocycles. The summed E-state index contributed by atoms with van der Waals surface area (Å²) in [4.78, 5) is 23.2. The number of rotatable bonds is 4. The molecule has 1 atom stereocenters. The number of hydrogen-bond donors (Lipinski definition) is 2. The second kappa shape index (κ2) is 6.52. The molecule has 2 rings (SSSR count). The zero-order valence-corrected chi connectivity index (χ0v) is 12.9. The molecule has 0 spiro atoms. The van der Waals surface area contributed by atoms with Crippen LogP contribution in [0.15, 0.2) is 30.5 Å². The Labute approximate surface area is 138 Å². The van der Waals surface area contributed by atoms with E-state index in [-0.39, 0.29) is 16.4 Å². The molecular weight excluding hydrogens is 351 g/mol. The van der Waals surface area contributed by atoms with Crippen molar-refractivity contribution in [3.05, 3.63) is 46.7 Å². The molecule has 10 heteroatoms. The monoisotopic (exact) mass is 361 g/mol. The molecule has 6 nitrogen and oxygen atoms in total. The third-order valence-electron chi connectivity index (χ3n) is 3.19. The number of carboxylic acids is 1. The molecule has 1 heterocycles. The summed E-state index contributed by atoms with van der Waals surface area (Å²) in [6.45, 7) is 1.36. The van der Waals surface area contributed by atoms with Gasteiger partial charge in [-0.3, -0.25) is 4.79 Å². The first-order chi connectivity index (χ1) is 11.1. The number of carbonyl (C=O) groups is 2. The van der Waals surface area contributed by atoms with Crippen LogP contribution in [0.25, 0.3) is 0 Å². The zero-order valence-electron chi connectivity index (χ0n) is 12.1. The van der Waals surface area contributed by atoms with Crippen LogP contribution in [0.5, 0.6) is 0 Å². The van der Waals surface area contributed by atoms with Gasteiger partial charge in [-0.25, -0.2) is 9.48 Å². The fourth-order valence-electron chi connectivity index (χ4n) is 1.94. The molecule has 1 aromatic carbocycles. The van der Waals surface area contributed by atoms with Gasteiger partial charge >= 0.3 is 12.1 Å². The molecular formula is C14H11ClF3N3O3. The van der Waals surface area contributed by atoms with Gasteiger partial charge in [0.05, 0.1) is 16.3 Å². The maximum atomic E-state index is 12.7. The topological polar surface area (TPSA) is 84.2 Å². The summed E-state index contributed by atoms with van der Waals surface area (Å²) in [6.07, 6.45) is -3.39. The molecule has 0 aliphatic carbocycles. The molecule has 2 N–H and O–H groups in total. The van der Waals surface area contributed by atoms with E-state index in [4.69, 9.17) is 16.7 Å². The first kappa shape index (κ1) is 17.8. The lowest BCUT2D eigenvalue weighted by molar-refractivity contribution is -0.137. The zero-order chi connectivity index (χ0) is 18.1. The summed E-state index contributed by atoms with van der Waals surface area (Å²) >= 11 is 5.80.